The lowest BCUT2D eigenvalue weighted by Crippen LogP contribution is -2.42. The molecule has 3 aromatic carbocycles. The Balaban J connectivity index is 1.28. The molecule has 0 aliphatic carbocycles. The molecule has 43 heavy (non-hydrogen) atoms. The summed E-state index contributed by atoms with van der Waals surface area (Å²) in [4.78, 5) is 33.6. The SMILES string of the molecule is NC1=Nc2ccc(OCCCC(=O)N(CCCCCCO)c3ccccc3)cc2CN1CC(=O)Oc1ccc(Cl)cc1Cl. The van der Waals surface area contributed by atoms with Gasteiger partial charge >= 0.3 is 5.97 Å². The van der Waals surface area contributed by atoms with Gasteiger partial charge in [-0.1, -0.05) is 54.2 Å². The molecule has 0 bridgehead atoms. The molecule has 228 valence electrons. The van der Waals surface area contributed by atoms with Gasteiger partial charge in [0, 0.05) is 42.4 Å². The number of ether oxygens (including phenoxy) is 2. The number of fused-ring (bicyclic) bond motifs is 1. The second-order valence-corrected chi connectivity index (χ2v) is 11.0. The molecule has 1 heterocycles. The maximum Gasteiger partial charge on any atom is 0.331 e. The van der Waals surface area contributed by atoms with E-state index in [2.05, 4.69) is 4.99 Å². The molecule has 9 nitrogen and oxygen atoms in total. The average Bonchev–Trinajstić information content (AvgIpc) is 2.99. The molecular weight excluding hydrogens is 591 g/mol. The van der Waals surface area contributed by atoms with Crippen molar-refractivity contribution in [3.05, 3.63) is 82.3 Å². The number of unbranched alkanes of at least 4 members (excludes halogenated alkanes) is 3. The summed E-state index contributed by atoms with van der Waals surface area (Å²) in [5, 5.41) is 9.67. The number of hydrogen-bond acceptors (Lipinski definition) is 8. The van der Waals surface area contributed by atoms with Crippen molar-refractivity contribution in [2.75, 3.05) is 31.2 Å². The van der Waals surface area contributed by atoms with Gasteiger partial charge < -0.3 is 30.1 Å². The Morgan fingerprint density at radius 2 is 1.77 bits per heavy atom. The number of para-hydroxylation sites is 1. The van der Waals surface area contributed by atoms with Gasteiger partial charge in [0.15, 0.2) is 5.96 Å². The highest BCUT2D eigenvalue weighted by atomic mass is 35.5. The summed E-state index contributed by atoms with van der Waals surface area (Å²) >= 11 is 12.0. The molecule has 0 atom stereocenters. The number of rotatable bonds is 15. The summed E-state index contributed by atoms with van der Waals surface area (Å²) in [6, 6.07) is 19.8. The number of esters is 1. The minimum absolute atomic E-state index is 0.0506. The third-order valence-electron chi connectivity index (χ3n) is 6.87. The van der Waals surface area contributed by atoms with Crippen LogP contribution in [0.1, 0.15) is 44.1 Å². The molecule has 0 radical (unpaired) electrons. The van der Waals surface area contributed by atoms with Crippen molar-refractivity contribution < 1.29 is 24.2 Å². The highest BCUT2D eigenvalue weighted by Crippen LogP contribution is 2.30. The van der Waals surface area contributed by atoms with E-state index in [-0.39, 0.29) is 35.8 Å². The molecule has 1 aliphatic rings. The molecule has 0 saturated carbocycles. The number of carbonyl (C=O) groups excluding carboxylic acids is 2. The Kier molecular flexibility index (Phi) is 12.1. The summed E-state index contributed by atoms with van der Waals surface area (Å²) in [5.41, 5.74) is 8.54. The normalized spacial score (nSPS) is 12.3. The lowest BCUT2D eigenvalue weighted by atomic mass is 10.1. The van der Waals surface area contributed by atoms with E-state index in [1.54, 1.807) is 11.0 Å². The van der Waals surface area contributed by atoms with Crippen LogP contribution in [0.25, 0.3) is 0 Å². The van der Waals surface area contributed by atoms with Crippen LogP contribution < -0.4 is 20.1 Å². The maximum absolute atomic E-state index is 13.1. The van der Waals surface area contributed by atoms with E-state index in [0.29, 0.717) is 49.0 Å². The van der Waals surface area contributed by atoms with Gasteiger partial charge in [-0.05, 0) is 67.8 Å². The van der Waals surface area contributed by atoms with Gasteiger partial charge in [-0.3, -0.25) is 4.79 Å². The van der Waals surface area contributed by atoms with Crippen LogP contribution in [0.2, 0.25) is 10.0 Å². The van der Waals surface area contributed by atoms with Crippen molar-refractivity contribution in [2.45, 2.75) is 45.1 Å². The van der Waals surface area contributed by atoms with Gasteiger partial charge in [0.25, 0.3) is 0 Å². The molecular formula is C32H36Cl2N4O5. The van der Waals surface area contributed by atoms with Crippen LogP contribution in [-0.4, -0.2) is 54.1 Å². The number of hydrogen-bond donors (Lipinski definition) is 2. The maximum atomic E-state index is 13.1. The predicted octanol–water partition coefficient (Wildman–Crippen LogP) is 6.11. The van der Waals surface area contributed by atoms with E-state index in [9.17, 15) is 9.59 Å². The fourth-order valence-electron chi connectivity index (χ4n) is 4.66. The summed E-state index contributed by atoms with van der Waals surface area (Å²) in [6.07, 6.45) is 4.47. The summed E-state index contributed by atoms with van der Waals surface area (Å²) in [7, 11) is 0. The Labute approximate surface area is 261 Å². The zero-order valence-electron chi connectivity index (χ0n) is 23.9. The Morgan fingerprint density at radius 3 is 2.53 bits per heavy atom. The molecule has 1 aliphatic heterocycles. The molecule has 11 heteroatoms. The lowest BCUT2D eigenvalue weighted by molar-refractivity contribution is -0.134. The van der Waals surface area contributed by atoms with Crippen molar-refractivity contribution in [3.63, 3.8) is 0 Å². The Hall–Kier alpha value is -3.79. The first-order valence-corrected chi connectivity index (χ1v) is 15.1. The molecule has 0 saturated heterocycles. The topological polar surface area (TPSA) is 118 Å². The van der Waals surface area contributed by atoms with Gasteiger partial charge in [-0.2, -0.15) is 0 Å². The van der Waals surface area contributed by atoms with Crippen LogP contribution in [0.5, 0.6) is 11.5 Å². The second kappa shape index (κ2) is 16.2. The Morgan fingerprint density at radius 1 is 0.977 bits per heavy atom. The third kappa shape index (κ3) is 9.61. The monoisotopic (exact) mass is 626 g/mol. The number of nitrogens with two attached hydrogens (primary N) is 1. The number of carbonyl (C=O) groups is 2. The molecule has 0 spiro atoms. The molecule has 0 fully saturated rings. The van der Waals surface area contributed by atoms with Gasteiger partial charge in [-0.15, -0.1) is 0 Å². The number of aliphatic imine (C=N–C) groups is 1. The van der Waals surface area contributed by atoms with Gasteiger partial charge in [-0.25, -0.2) is 9.79 Å². The van der Waals surface area contributed by atoms with E-state index in [1.165, 1.54) is 12.1 Å². The first kappa shape index (κ1) is 32.1. The minimum atomic E-state index is -0.544. The summed E-state index contributed by atoms with van der Waals surface area (Å²) in [6.45, 7) is 1.42. The number of anilines is 1. The number of nitrogens with zero attached hydrogens (tertiary/aromatic N) is 3. The van der Waals surface area contributed by atoms with Gasteiger partial charge in [0.1, 0.15) is 18.0 Å². The molecule has 0 unspecified atom stereocenters. The third-order valence-corrected chi connectivity index (χ3v) is 7.40. The van der Waals surface area contributed by atoms with Crippen molar-refractivity contribution in [1.29, 1.82) is 0 Å². The van der Waals surface area contributed by atoms with Gasteiger partial charge in [0.05, 0.1) is 17.3 Å². The van der Waals surface area contributed by atoms with E-state index in [1.807, 2.05) is 53.4 Å². The zero-order valence-corrected chi connectivity index (χ0v) is 25.4. The summed E-state index contributed by atoms with van der Waals surface area (Å²) in [5.74, 6) is 0.562. The highest BCUT2D eigenvalue weighted by Gasteiger charge is 2.22. The van der Waals surface area contributed by atoms with Crippen LogP contribution in [0.3, 0.4) is 0 Å². The first-order chi connectivity index (χ1) is 20.8. The van der Waals surface area contributed by atoms with Crippen LogP contribution >= 0.6 is 23.2 Å². The molecule has 1 amide bonds. The van der Waals surface area contributed by atoms with Crippen LogP contribution in [0.15, 0.2) is 71.7 Å². The van der Waals surface area contributed by atoms with Crippen LogP contribution in [0, 0.1) is 0 Å². The molecule has 3 N–H and O–H groups in total. The number of aliphatic hydroxyl groups is 1. The average molecular weight is 628 g/mol. The summed E-state index contributed by atoms with van der Waals surface area (Å²) < 4.78 is 11.4. The fraction of sp³-hybridized carbons (Fsp3) is 0.344. The van der Waals surface area contributed by atoms with Crippen molar-refractivity contribution in [2.24, 2.45) is 10.7 Å². The van der Waals surface area contributed by atoms with Crippen molar-refractivity contribution >= 4 is 52.4 Å². The zero-order chi connectivity index (χ0) is 30.6. The lowest BCUT2D eigenvalue weighted by Gasteiger charge is -2.27. The van der Waals surface area contributed by atoms with E-state index < -0.39 is 5.97 Å². The number of benzene rings is 3. The predicted molar refractivity (Wildman–Crippen MR) is 169 cm³/mol. The molecule has 3 aromatic rings. The second-order valence-electron chi connectivity index (χ2n) is 10.1. The number of guanidine groups is 1. The number of aliphatic hydroxyl groups excluding tert-OH is 1. The standard InChI is InChI=1S/C32H36Cl2N4O5/c33-24-12-15-29(27(34)20-24)43-31(41)22-37-21-23-19-26(13-14-28(23)36-32(37)35)42-18-8-11-30(40)38(16-6-1-2-7-17-39)25-9-4-3-5-10-25/h3-5,9-10,12-15,19-20,39H,1-2,6-8,11,16-18,21-22H2,(H2,35,36). The quantitative estimate of drug-likeness (QED) is 0.119. The van der Waals surface area contributed by atoms with E-state index >= 15 is 0 Å². The molecule has 0 aromatic heterocycles. The fourth-order valence-corrected chi connectivity index (χ4v) is 5.11. The largest absolute Gasteiger partial charge is 0.494 e. The van der Waals surface area contributed by atoms with Crippen molar-refractivity contribution in [1.82, 2.24) is 4.90 Å². The number of amides is 1. The van der Waals surface area contributed by atoms with E-state index in [4.69, 9.17) is 43.5 Å². The highest BCUT2D eigenvalue weighted by molar-refractivity contribution is 6.35. The van der Waals surface area contributed by atoms with Crippen LogP contribution in [-0.2, 0) is 16.1 Å². The van der Waals surface area contributed by atoms with Crippen molar-refractivity contribution in [3.8, 4) is 11.5 Å². The van der Waals surface area contributed by atoms with Gasteiger partial charge in [0.2, 0.25) is 5.91 Å². The smallest absolute Gasteiger partial charge is 0.331 e. The van der Waals surface area contributed by atoms with E-state index in [0.717, 1.165) is 36.9 Å². The molecule has 4 rings (SSSR count). The minimum Gasteiger partial charge on any atom is -0.494 e. The van der Waals surface area contributed by atoms with Crippen LogP contribution in [0.4, 0.5) is 11.4 Å². The Bertz CT molecular complexity index is 1420. The first-order valence-electron chi connectivity index (χ1n) is 14.3. The number of halogens is 2.